The zero-order chi connectivity index (χ0) is 20.5. The number of aryl methyl sites for hydroxylation is 1. The van der Waals surface area contributed by atoms with Crippen LogP contribution in [0.25, 0.3) is 6.08 Å². The van der Waals surface area contributed by atoms with Crippen LogP contribution in [0.1, 0.15) is 18.1 Å². The lowest BCUT2D eigenvalue weighted by atomic mass is 10.1. The molecule has 0 radical (unpaired) electrons. The molecule has 0 aliphatic rings. The number of halogens is 1. The first-order chi connectivity index (χ1) is 13.5. The predicted molar refractivity (Wildman–Crippen MR) is 110 cm³/mol. The van der Waals surface area contributed by atoms with E-state index in [1.807, 2.05) is 44.2 Å². The molecule has 0 spiro atoms. The molecule has 0 unspecified atom stereocenters. The van der Waals surface area contributed by atoms with Gasteiger partial charge in [-0.1, -0.05) is 12.1 Å². The monoisotopic (exact) mass is 439 g/mol. The van der Waals surface area contributed by atoms with Crippen LogP contribution in [0.3, 0.4) is 0 Å². The number of nitriles is 2. The maximum Gasteiger partial charge on any atom is 0.266 e. The summed E-state index contributed by atoms with van der Waals surface area (Å²) in [6.45, 7) is 4.00. The van der Waals surface area contributed by atoms with Gasteiger partial charge in [0, 0.05) is 5.69 Å². The molecule has 1 amide bonds. The second kappa shape index (κ2) is 10.1. The van der Waals surface area contributed by atoms with Crippen molar-refractivity contribution >= 4 is 33.6 Å². The molecule has 0 aliphatic carbocycles. The number of nitrogens with zero attached hydrogens (tertiary/aromatic N) is 2. The van der Waals surface area contributed by atoms with Crippen LogP contribution < -0.4 is 14.8 Å². The summed E-state index contributed by atoms with van der Waals surface area (Å²) < 4.78 is 11.5. The van der Waals surface area contributed by atoms with Crippen LogP contribution in [0.5, 0.6) is 11.5 Å². The van der Waals surface area contributed by atoms with E-state index in [-0.39, 0.29) is 12.2 Å². The van der Waals surface area contributed by atoms with E-state index in [1.165, 1.54) is 6.08 Å². The Hall–Kier alpha value is -3.29. The molecule has 0 bridgehead atoms. The first-order valence-corrected chi connectivity index (χ1v) is 9.23. The molecule has 0 saturated heterocycles. The number of ether oxygens (including phenoxy) is 2. The summed E-state index contributed by atoms with van der Waals surface area (Å²) in [7, 11) is 0. The van der Waals surface area contributed by atoms with Crippen molar-refractivity contribution in [3.8, 4) is 23.6 Å². The Labute approximate surface area is 172 Å². The van der Waals surface area contributed by atoms with Gasteiger partial charge in [-0.2, -0.15) is 10.5 Å². The van der Waals surface area contributed by atoms with E-state index in [1.54, 1.807) is 18.2 Å². The Balaban J connectivity index is 2.33. The molecule has 1 N–H and O–H groups in total. The van der Waals surface area contributed by atoms with Crippen LogP contribution in [0.4, 0.5) is 5.69 Å². The van der Waals surface area contributed by atoms with Crippen molar-refractivity contribution in [2.75, 3.05) is 18.5 Å². The number of carbonyl (C=O) groups is 1. The average molecular weight is 440 g/mol. The molecule has 28 heavy (non-hydrogen) atoms. The van der Waals surface area contributed by atoms with E-state index in [2.05, 4.69) is 21.2 Å². The number of hydrogen-bond acceptors (Lipinski definition) is 5. The number of carbonyl (C=O) groups excluding carboxylic acids is 1. The van der Waals surface area contributed by atoms with Gasteiger partial charge in [0.1, 0.15) is 17.7 Å². The summed E-state index contributed by atoms with van der Waals surface area (Å²) in [5.41, 5.74) is 2.14. The molecule has 0 aliphatic heterocycles. The Morgan fingerprint density at radius 3 is 2.68 bits per heavy atom. The third-order valence-electron chi connectivity index (χ3n) is 3.56. The fourth-order valence-corrected chi connectivity index (χ4v) is 2.99. The highest BCUT2D eigenvalue weighted by molar-refractivity contribution is 9.10. The molecular formula is C21H18BrN3O3. The highest BCUT2D eigenvalue weighted by atomic mass is 79.9. The quantitative estimate of drug-likeness (QED) is 0.502. The minimum Gasteiger partial charge on any atom is -0.490 e. The van der Waals surface area contributed by atoms with E-state index in [0.717, 1.165) is 5.56 Å². The highest BCUT2D eigenvalue weighted by Crippen LogP contribution is 2.37. The minimum atomic E-state index is -0.507. The summed E-state index contributed by atoms with van der Waals surface area (Å²) in [5.74, 6) is 0.296. The van der Waals surface area contributed by atoms with Crippen molar-refractivity contribution in [3.05, 3.63) is 57.6 Å². The number of hydrogen-bond donors (Lipinski definition) is 1. The summed E-state index contributed by atoms with van der Waals surface area (Å²) in [6, 6.07) is 14.5. The fourth-order valence-electron chi connectivity index (χ4n) is 2.42. The van der Waals surface area contributed by atoms with Crippen molar-refractivity contribution < 1.29 is 14.3 Å². The molecule has 7 heteroatoms. The van der Waals surface area contributed by atoms with Crippen molar-refractivity contribution in [2.24, 2.45) is 0 Å². The average Bonchev–Trinajstić information content (AvgIpc) is 2.65. The Bertz CT molecular complexity index is 987. The van der Waals surface area contributed by atoms with E-state index in [9.17, 15) is 10.1 Å². The lowest BCUT2D eigenvalue weighted by molar-refractivity contribution is -0.112. The zero-order valence-corrected chi connectivity index (χ0v) is 17.0. The normalized spacial score (nSPS) is 10.5. The first kappa shape index (κ1) is 21.0. The zero-order valence-electron chi connectivity index (χ0n) is 15.5. The molecule has 2 aromatic carbocycles. The van der Waals surface area contributed by atoms with Crippen molar-refractivity contribution in [2.45, 2.75) is 13.8 Å². The summed E-state index contributed by atoms with van der Waals surface area (Å²) in [5, 5.41) is 20.9. The van der Waals surface area contributed by atoms with Crippen molar-refractivity contribution in [1.82, 2.24) is 0 Å². The lowest BCUT2D eigenvalue weighted by Gasteiger charge is -2.13. The molecule has 6 nitrogen and oxygen atoms in total. The van der Waals surface area contributed by atoms with Gasteiger partial charge in [-0.25, -0.2) is 0 Å². The third-order valence-corrected chi connectivity index (χ3v) is 4.15. The van der Waals surface area contributed by atoms with Gasteiger partial charge in [0.25, 0.3) is 5.91 Å². The fraction of sp³-hybridized carbons (Fsp3) is 0.190. The number of rotatable bonds is 7. The second-order valence-electron chi connectivity index (χ2n) is 5.70. The Morgan fingerprint density at radius 1 is 1.25 bits per heavy atom. The van der Waals surface area contributed by atoms with Gasteiger partial charge >= 0.3 is 0 Å². The van der Waals surface area contributed by atoms with E-state index in [4.69, 9.17) is 14.7 Å². The molecule has 2 rings (SSSR count). The molecule has 0 aromatic heterocycles. The van der Waals surface area contributed by atoms with Gasteiger partial charge < -0.3 is 14.8 Å². The lowest BCUT2D eigenvalue weighted by Crippen LogP contribution is -2.13. The molecule has 0 heterocycles. The highest BCUT2D eigenvalue weighted by Gasteiger charge is 2.14. The van der Waals surface area contributed by atoms with Crippen molar-refractivity contribution in [3.63, 3.8) is 0 Å². The van der Waals surface area contributed by atoms with E-state index in [0.29, 0.717) is 33.8 Å². The van der Waals surface area contributed by atoms with Crippen LogP contribution in [0.2, 0.25) is 0 Å². The SMILES string of the molecule is CCOc1cc(/C=C(\C#N)C(=O)Nc2cccc(C)c2)cc(Br)c1OCC#N. The first-order valence-electron chi connectivity index (χ1n) is 8.44. The van der Waals surface area contributed by atoms with Crippen LogP contribution in [-0.2, 0) is 4.79 Å². The number of nitrogens with one attached hydrogen (secondary N) is 1. The summed E-state index contributed by atoms with van der Waals surface area (Å²) in [6.07, 6.45) is 1.46. The smallest absolute Gasteiger partial charge is 0.266 e. The maximum atomic E-state index is 12.5. The summed E-state index contributed by atoms with van der Waals surface area (Å²) in [4.78, 5) is 12.5. The van der Waals surface area contributed by atoms with Crippen LogP contribution >= 0.6 is 15.9 Å². The number of anilines is 1. The number of amides is 1. The largest absolute Gasteiger partial charge is 0.490 e. The van der Waals surface area contributed by atoms with Crippen LogP contribution in [0.15, 0.2) is 46.4 Å². The van der Waals surface area contributed by atoms with Gasteiger partial charge in [0.15, 0.2) is 18.1 Å². The van der Waals surface area contributed by atoms with Gasteiger partial charge in [0.2, 0.25) is 0 Å². The second-order valence-corrected chi connectivity index (χ2v) is 6.56. The molecule has 2 aromatic rings. The van der Waals surface area contributed by atoms with E-state index >= 15 is 0 Å². The van der Waals surface area contributed by atoms with Crippen LogP contribution in [0, 0.1) is 29.6 Å². The third kappa shape index (κ3) is 5.60. The van der Waals surface area contributed by atoms with Gasteiger partial charge in [-0.15, -0.1) is 0 Å². The molecule has 0 atom stereocenters. The molecular weight excluding hydrogens is 422 g/mol. The standard InChI is InChI=1S/C21H18BrN3O3/c1-3-27-19-12-15(11-18(22)20(19)28-8-7-23)10-16(13-24)21(26)25-17-6-4-5-14(2)9-17/h4-6,9-12H,3,8H2,1-2H3,(H,25,26)/b16-10+. The maximum absolute atomic E-state index is 12.5. The van der Waals surface area contributed by atoms with Gasteiger partial charge in [-0.3, -0.25) is 4.79 Å². The Morgan fingerprint density at radius 2 is 2.04 bits per heavy atom. The molecule has 0 fully saturated rings. The molecule has 142 valence electrons. The predicted octanol–water partition coefficient (Wildman–Crippen LogP) is 4.60. The number of benzene rings is 2. The van der Waals surface area contributed by atoms with E-state index < -0.39 is 5.91 Å². The topological polar surface area (TPSA) is 95.1 Å². The van der Waals surface area contributed by atoms with Crippen LogP contribution in [-0.4, -0.2) is 19.1 Å². The molecule has 0 saturated carbocycles. The Kier molecular flexibility index (Phi) is 7.62. The van der Waals surface area contributed by atoms with Gasteiger partial charge in [-0.05, 0) is 71.2 Å². The minimum absolute atomic E-state index is 0.0541. The van der Waals surface area contributed by atoms with Gasteiger partial charge in [0.05, 0.1) is 11.1 Å². The van der Waals surface area contributed by atoms with Crippen molar-refractivity contribution in [1.29, 1.82) is 10.5 Å². The summed E-state index contributed by atoms with van der Waals surface area (Å²) >= 11 is 3.38.